The van der Waals surface area contributed by atoms with Crippen LogP contribution >= 0.6 is 0 Å². The van der Waals surface area contributed by atoms with Crippen LogP contribution in [-0.2, 0) is 6.42 Å². The molecule has 0 spiro atoms. The minimum atomic E-state index is -0.367. The van der Waals surface area contributed by atoms with E-state index in [1.807, 2.05) is 30.3 Å². The monoisotopic (exact) mass is 360 g/mol. The van der Waals surface area contributed by atoms with Crippen LogP contribution in [-0.4, -0.2) is 61.1 Å². The molecule has 0 saturated heterocycles. The molecule has 2 aromatic heterocycles. The van der Waals surface area contributed by atoms with E-state index in [0.717, 1.165) is 36.1 Å². The van der Waals surface area contributed by atoms with E-state index in [2.05, 4.69) is 37.8 Å². The Balaban J connectivity index is 0.00000243. The molecule has 129 valence electrons. The number of amides is 1. The number of aryl methyl sites for hydroxylation is 1. The molecule has 0 aliphatic heterocycles. The zero-order valence-corrected chi connectivity index (χ0v) is 16.9. The fourth-order valence-electron chi connectivity index (χ4n) is 2.41. The normalized spacial score (nSPS) is 10.2. The number of aromatic amines is 1. The first kappa shape index (κ1) is 20.0. The van der Waals surface area contributed by atoms with Crippen molar-refractivity contribution < 1.29 is 4.79 Å². The first-order chi connectivity index (χ1) is 12.2. The van der Waals surface area contributed by atoms with Gasteiger partial charge in [0, 0.05) is 40.8 Å². The number of hydrogen-bond acceptors (Lipinski definition) is 6. The van der Waals surface area contributed by atoms with Gasteiger partial charge in [-0.2, -0.15) is 0 Å². The van der Waals surface area contributed by atoms with Crippen LogP contribution < -0.4 is 11.1 Å². The maximum atomic E-state index is 12.5. The average Bonchev–Trinajstić information content (AvgIpc) is 3.13. The topological polar surface area (TPSA) is 122 Å². The second-order valence-electron chi connectivity index (χ2n) is 5.68. The van der Waals surface area contributed by atoms with E-state index in [9.17, 15) is 4.79 Å². The third-order valence-corrected chi connectivity index (χ3v) is 3.72. The van der Waals surface area contributed by atoms with Crippen molar-refractivity contribution in [2.75, 3.05) is 11.1 Å². The molecule has 1 amide bonds. The predicted molar refractivity (Wildman–Crippen MR) is 101 cm³/mol. The fourth-order valence-corrected chi connectivity index (χ4v) is 2.41. The summed E-state index contributed by atoms with van der Waals surface area (Å²) in [5.41, 5.74) is 9.44. The molecule has 3 rings (SSSR count). The van der Waals surface area contributed by atoms with Crippen molar-refractivity contribution in [3.05, 3.63) is 47.7 Å². The Bertz CT molecular complexity index is 850. The summed E-state index contributed by atoms with van der Waals surface area (Å²) in [4.78, 5) is 17.0. The van der Waals surface area contributed by atoms with E-state index < -0.39 is 0 Å². The number of hydrogen-bond donors (Lipinski definition) is 3. The number of H-pyrrole nitrogens is 1. The summed E-state index contributed by atoms with van der Waals surface area (Å²) >= 11 is 0. The van der Waals surface area contributed by atoms with Gasteiger partial charge in [0.2, 0.25) is 5.95 Å². The van der Waals surface area contributed by atoms with Gasteiger partial charge in [-0.3, -0.25) is 10.1 Å². The number of carbonyl (C=O) groups excluding carboxylic acids is 1. The van der Waals surface area contributed by atoms with Crippen molar-refractivity contribution in [1.82, 2.24) is 25.6 Å². The van der Waals surface area contributed by atoms with Gasteiger partial charge in [-0.25, -0.2) is 10.1 Å². The Morgan fingerprint density at radius 1 is 1.23 bits per heavy atom. The molecule has 8 nitrogen and oxygen atoms in total. The van der Waals surface area contributed by atoms with Crippen LogP contribution in [0, 0.1) is 0 Å². The number of nitrogen functional groups attached to an aromatic ring is 1. The first-order valence-electron chi connectivity index (χ1n) is 8.07. The van der Waals surface area contributed by atoms with Gasteiger partial charge < -0.3 is 5.73 Å². The molecule has 4 N–H and O–H groups in total. The third-order valence-electron chi connectivity index (χ3n) is 3.72. The summed E-state index contributed by atoms with van der Waals surface area (Å²) in [7, 11) is 0. The van der Waals surface area contributed by atoms with E-state index >= 15 is 0 Å². The number of rotatable bonds is 6. The minimum absolute atomic E-state index is 0. The van der Waals surface area contributed by atoms with Crippen LogP contribution in [0.15, 0.2) is 36.4 Å². The molecule has 9 heteroatoms. The van der Waals surface area contributed by atoms with Crippen molar-refractivity contribution in [2.24, 2.45) is 0 Å². The molecular weight excluding hydrogens is 341 g/mol. The van der Waals surface area contributed by atoms with E-state index in [0.29, 0.717) is 11.4 Å². The van der Waals surface area contributed by atoms with Crippen LogP contribution in [0.1, 0.15) is 35.8 Å². The zero-order valence-electron chi connectivity index (χ0n) is 14.9. The average molecular weight is 360 g/mol. The molecule has 26 heavy (non-hydrogen) atoms. The largest absolute Gasteiger partial charge is 0.399 e. The van der Waals surface area contributed by atoms with Gasteiger partial charge in [0.05, 0.1) is 5.69 Å². The zero-order chi connectivity index (χ0) is 17.6. The van der Waals surface area contributed by atoms with Gasteiger partial charge in [-0.1, -0.05) is 30.6 Å². The molecule has 0 unspecified atom stereocenters. The van der Waals surface area contributed by atoms with Crippen molar-refractivity contribution in [2.45, 2.75) is 26.2 Å². The quantitative estimate of drug-likeness (QED) is 0.457. The molecular formula is C17H19N7NaO. The van der Waals surface area contributed by atoms with Crippen LogP contribution in [0.2, 0.25) is 0 Å². The Morgan fingerprint density at radius 2 is 2.00 bits per heavy atom. The number of pyridine rings is 1. The van der Waals surface area contributed by atoms with Crippen LogP contribution in [0.5, 0.6) is 0 Å². The molecule has 0 bridgehead atoms. The summed E-state index contributed by atoms with van der Waals surface area (Å²) < 4.78 is 0. The summed E-state index contributed by atoms with van der Waals surface area (Å²) in [6, 6.07) is 11.2. The smallest absolute Gasteiger partial charge is 0.276 e. The van der Waals surface area contributed by atoms with Gasteiger partial charge in [0.1, 0.15) is 5.69 Å². The third kappa shape index (κ3) is 5.10. The summed E-state index contributed by atoms with van der Waals surface area (Å²) in [5.74, 6) is -0.187. The van der Waals surface area contributed by atoms with E-state index in [-0.39, 0.29) is 41.4 Å². The van der Waals surface area contributed by atoms with E-state index in [1.54, 1.807) is 6.07 Å². The van der Waals surface area contributed by atoms with Crippen LogP contribution in [0.25, 0.3) is 11.3 Å². The first-order valence-corrected chi connectivity index (χ1v) is 8.07. The van der Waals surface area contributed by atoms with Gasteiger partial charge >= 0.3 is 0 Å². The number of aromatic nitrogens is 5. The number of carbonyl (C=O) groups is 1. The van der Waals surface area contributed by atoms with Crippen molar-refractivity contribution in [3.63, 3.8) is 0 Å². The SMILES string of the molecule is CCCCc1cc(C(=O)Nc2nnn[nH]2)nc(-c2ccc(N)cc2)c1.[Na]. The van der Waals surface area contributed by atoms with E-state index in [4.69, 9.17) is 5.73 Å². The molecule has 0 atom stereocenters. The maximum absolute atomic E-state index is 12.5. The van der Waals surface area contributed by atoms with Crippen LogP contribution in [0.3, 0.4) is 0 Å². The minimum Gasteiger partial charge on any atom is -0.399 e. The standard InChI is InChI=1S/C17H19N7O.Na/c1-2-3-4-11-9-14(12-5-7-13(18)8-6-12)19-15(10-11)16(25)20-17-21-23-24-22-17;/h5-10H,2-4,18H2,1H3,(H2,20,21,22,23,24,25);. The Morgan fingerprint density at radius 3 is 2.65 bits per heavy atom. The number of nitrogens with zero attached hydrogens (tertiary/aromatic N) is 4. The van der Waals surface area contributed by atoms with E-state index in [1.165, 1.54) is 0 Å². The van der Waals surface area contributed by atoms with Crippen molar-refractivity contribution >= 4 is 47.1 Å². The van der Waals surface area contributed by atoms with Gasteiger partial charge in [0.15, 0.2) is 0 Å². The molecule has 0 fully saturated rings. The summed E-state index contributed by atoms with van der Waals surface area (Å²) in [6.07, 6.45) is 2.99. The molecule has 3 aromatic rings. The van der Waals surface area contributed by atoms with Crippen LogP contribution in [0.4, 0.5) is 11.6 Å². The van der Waals surface area contributed by atoms with Crippen molar-refractivity contribution in [1.29, 1.82) is 0 Å². The summed E-state index contributed by atoms with van der Waals surface area (Å²) in [5, 5.41) is 15.6. The number of nitrogens with two attached hydrogens (primary N) is 1. The number of unbranched alkanes of at least 4 members (excludes halogenated alkanes) is 1. The Kier molecular flexibility index (Phi) is 7.26. The van der Waals surface area contributed by atoms with Gasteiger partial charge in [-0.05, 0) is 53.1 Å². The Hall–Kier alpha value is -2.29. The second kappa shape index (κ2) is 9.42. The molecule has 1 aromatic carbocycles. The second-order valence-corrected chi connectivity index (χ2v) is 5.68. The fraction of sp³-hybridized carbons (Fsp3) is 0.235. The number of nitrogens with one attached hydrogen (secondary N) is 2. The number of anilines is 2. The molecule has 1 radical (unpaired) electrons. The number of benzene rings is 1. The molecule has 2 heterocycles. The molecule has 0 aliphatic rings. The summed E-state index contributed by atoms with van der Waals surface area (Å²) in [6.45, 7) is 2.13. The Labute approximate surface area is 173 Å². The maximum Gasteiger partial charge on any atom is 0.276 e. The van der Waals surface area contributed by atoms with Crippen molar-refractivity contribution in [3.8, 4) is 11.3 Å². The number of tetrazole rings is 1. The van der Waals surface area contributed by atoms with Gasteiger partial charge in [0.25, 0.3) is 5.91 Å². The van der Waals surface area contributed by atoms with Gasteiger partial charge in [-0.15, -0.1) is 0 Å². The predicted octanol–water partition coefficient (Wildman–Crippen LogP) is 2.06. The molecule has 0 saturated carbocycles. The molecule has 0 aliphatic carbocycles.